The highest BCUT2D eigenvalue weighted by molar-refractivity contribution is 5.93. The number of para-hydroxylation sites is 1. The Labute approximate surface area is 158 Å². The average Bonchev–Trinajstić information content (AvgIpc) is 3.24. The topological polar surface area (TPSA) is 50.6 Å². The molecule has 4 rings (SSSR count). The zero-order valence-electron chi connectivity index (χ0n) is 15.3. The van der Waals surface area contributed by atoms with Crippen LogP contribution in [0.1, 0.15) is 10.5 Å². The first-order chi connectivity index (χ1) is 13.3. The minimum atomic E-state index is 0.0192. The van der Waals surface area contributed by atoms with E-state index in [2.05, 4.69) is 22.0 Å². The van der Waals surface area contributed by atoms with Gasteiger partial charge in [0.2, 0.25) is 0 Å². The number of hydrogen-bond acceptors (Lipinski definition) is 4. The summed E-state index contributed by atoms with van der Waals surface area (Å²) in [6.07, 6.45) is 3.33. The molecule has 0 aliphatic carbocycles. The molecule has 27 heavy (non-hydrogen) atoms. The van der Waals surface area contributed by atoms with E-state index in [0.717, 1.165) is 30.2 Å². The Hall–Kier alpha value is -3.28. The molecule has 0 radical (unpaired) electrons. The SMILES string of the molecule is COc1ccc(N2CCN(C(=O)c3cncn3-c3ccccc3)CC2)cc1. The van der Waals surface area contributed by atoms with E-state index in [4.69, 9.17) is 4.74 Å². The minimum absolute atomic E-state index is 0.0192. The van der Waals surface area contributed by atoms with Crippen LogP contribution in [0.25, 0.3) is 5.69 Å². The van der Waals surface area contributed by atoms with Crippen molar-refractivity contribution in [3.8, 4) is 11.4 Å². The fourth-order valence-corrected chi connectivity index (χ4v) is 3.37. The fourth-order valence-electron chi connectivity index (χ4n) is 3.37. The molecule has 1 saturated heterocycles. The van der Waals surface area contributed by atoms with Gasteiger partial charge in [0, 0.05) is 37.6 Å². The predicted octanol–water partition coefficient (Wildman–Crippen LogP) is 2.84. The highest BCUT2D eigenvalue weighted by atomic mass is 16.5. The van der Waals surface area contributed by atoms with Gasteiger partial charge in [0.1, 0.15) is 11.4 Å². The van der Waals surface area contributed by atoms with Crippen molar-refractivity contribution in [2.75, 3.05) is 38.2 Å². The lowest BCUT2D eigenvalue weighted by Gasteiger charge is -2.36. The molecule has 0 N–H and O–H groups in total. The minimum Gasteiger partial charge on any atom is -0.497 e. The van der Waals surface area contributed by atoms with Crippen LogP contribution in [-0.4, -0.2) is 53.6 Å². The number of anilines is 1. The number of amides is 1. The Morgan fingerprint density at radius 1 is 0.926 bits per heavy atom. The molecule has 1 aliphatic heterocycles. The molecule has 0 spiro atoms. The van der Waals surface area contributed by atoms with Crippen molar-refractivity contribution in [1.29, 1.82) is 0 Å². The number of carbonyl (C=O) groups is 1. The summed E-state index contributed by atoms with van der Waals surface area (Å²) in [6, 6.07) is 17.9. The van der Waals surface area contributed by atoms with Crippen LogP contribution in [0, 0.1) is 0 Å². The zero-order chi connectivity index (χ0) is 18.6. The van der Waals surface area contributed by atoms with Gasteiger partial charge in [0.25, 0.3) is 5.91 Å². The second kappa shape index (κ2) is 7.53. The van der Waals surface area contributed by atoms with Crippen LogP contribution in [0.15, 0.2) is 67.1 Å². The maximum atomic E-state index is 13.0. The second-order valence-electron chi connectivity index (χ2n) is 6.46. The summed E-state index contributed by atoms with van der Waals surface area (Å²) in [5, 5.41) is 0. The van der Waals surface area contributed by atoms with Gasteiger partial charge in [0.15, 0.2) is 0 Å². The summed E-state index contributed by atoms with van der Waals surface area (Å²) in [4.78, 5) is 21.4. The Bertz CT molecular complexity index is 897. The highest BCUT2D eigenvalue weighted by Crippen LogP contribution is 2.21. The van der Waals surface area contributed by atoms with Crippen molar-refractivity contribution < 1.29 is 9.53 Å². The molecule has 1 amide bonds. The van der Waals surface area contributed by atoms with Crippen LogP contribution in [0.5, 0.6) is 5.75 Å². The summed E-state index contributed by atoms with van der Waals surface area (Å²) in [5.74, 6) is 0.868. The van der Waals surface area contributed by atoms with Crippen LogP contribution < -0.4 is 9.64 Å². The van der Waals surface area contributed by atoms with Gasteiger partial charge in [-0.1, -0.05) is 18.2 Å². The van der Waals surface area contributed by atoms with E-state index in [9.17, 15) is 4.79 Å². The van der Waals surface area contributed by atoms with Crippen molar-refractivity contribution >= 4 is 11.6 Å². The van der Waals surface area contributed by atoms with Crippen molar-refractivity contribution in [3.63, 3.8) is 0 Å². The summed E-state index contributed by atoms with van der Waals surface area (Å²) in [5.41, 5.74) is 2.69. The molecular formula is C21H22N4O2. The van der Waals surface area contributed by atoms with E-state index in [1.165, 1.54) is 0 Å². The standard InChI is InChI=1S/C21H22N4O2/c1-27-19-9-7-17(8-10-19)23-11-13-24(14-12-23)21(26)20-15-22-16-25(20)18-5-3-2-4-6-18/h2-10,15-16H,11-14H2,1H3. The van der Waals surface area contributed by atoms with Gasteiger partial charge in [0.05, 0.1) is 19.6 Å². The summed E-state index contributed by atoms with van der Waals surface area (Å²) in [7, 11) is 1.67. The Kier molecular flexibility index (Phi) is 4.78. The monoisotopic (exact) mass is 362 g/mol. The third kappa shape index (κ3) is 3.51. The molecule has 0 bridgehead atoms. The molecular weight excluding hydrogens is 340 g/mol. The summed E-state index contributed by atoms with van der Waals surface area (Å²) >= 11 is 0. The maximum Gasteiger partial charge on any atom is 0.272 e. The smallest absolute Gasteiger partial charge is 0.272 e. The number of aromatic nitrogens is 2. The summed E-state index contributed by atoms with van der Waals surface area (Å²) in [6.45, 7) is 2.98. The number of ether oxygens (including phenoxy) is 1. The van der Waals surface area contributed by atoms with Gasteiger partial charge in [-0.15, -0.1) is 0 Å². The molecule has 2 heterocycles. The fraction of sp³-hybridized carbons (Fsp3) is 0.238. The van der Waals surface area contributed by atoms with Crippen LogP contribution >= 0.6 is 0 Å². The number of rotatable bonds is 4. The van der Waals surface area contributed by atoms with Crippen molar-refractivity contribution in [3.05, 3.63) is 72.8 Å². The molecule has 6 nitrogen and oxygen atoms in total. The lowest BCUT2D eigenvalue weighted by molar-refractivity contribution is 0.0738. The molecule has 138 valence electrons. The van der Waals surface area contributed by atoms with E-state index in [1.54, 1.807) is 19.6 Å². The number of hydrogen-bond donors (Lipinski definition) is 0. The third-order valence-electron chi connectivity index (χ3n) is 4.90. The van der Waals surface area contributed by atoms with Crippen LogP contribution in [0.2, 0.25) is 0 Å². The lowest BCUT2D eigenvalue weighted by atomic mass is 10.2. The predicted molar refractivity (Wildman–Crippen MR) is 105 cm³/mol. The van der Waals surface area contributed by atoms with E-state index >= 15 is 0 Å². The molecule has 6 heteroatoms. The summed E-state index contributed by atoms with van der Waals surface area (Å²) < 4.78 is 7.06. The van der Waals surface area contributed by atoms with Gasteiger partial charge in [-0.25, -0.2) is 4.98 Å². The van der Waals surface area contributed by atoms with Gasteiger partial charge in [-0.05, 0) is 36.4 Å². The van der Waals surface area contributed by atoms with E-state index < -0.39 is 0 Å². The number of carbonyl (C=O) groups excluding carboxylic acids is 1. The molecule has 0 saturated carbocycles. The number of imidazole rings is 1. The number of methoxy groups -OCH3 is 1. The molecule has 3 aromatic rings. The van der Waals surface area contributed by atoms with Gasteiger partial charge in [-0.3, -0.25) is 9.36 Å². The van der Waals surface area contributed by atoms with Crippen molar-refractivity contribution in [2.45, 2.75) is 0 Å². The number of piperazine rings is 1. The normalized spacial score (nSPS) is 14.3. The average molecular weight is 362 g/mol. The largest absolute Gasteiger partial charge is 0.497 e. The zero-order valence-corrected chi connectivity index (χ0v) is 15.3. The first-order valence-electron chi connectivity index (χ1n) is 9.02. The van der Waals surface area contributed by atoms with Gasteiger partial charge >= 0.3 is 0 Å². The molecule has 0 unspecified atom stereocenters. The second-order valence-corrected chi connectivity index (χ2v) is 6.46. The van der Waals surface area contributed by atoms with Gasteiger partial charge in [-0.2, -0.15) is 0 Å². The molecule has 0 atom stereocenters. The highest BCUT2D eigenvalue weighted by Gasteiger charge is 2.24. The molecule has 2 aromatic carbocycles. The van der Waals surface area contributed by atoms with Gasteiger partial charge < -0.3 is 14.5 Å². The van der Waals surface area contributed by atoms with Crippen LogP contribution in [-0.2, 0) is 0 Å². The molecule has 1 fully saturated rings. The Morgan fingerprint density at radius 2 is 1.63 bits per heavy atom. The maximum absolute atomic E-state index is 13.0. The Balaban J connectivity index is 1.44. The lowest BCUT2D eigenvalue weighted by Crippen LogP contribution is -2.49. The molecule has 1 aromatic heterocycles. The quantitative estimate of drug-likeness (QED) is 0.716. The van der Waals surface area contributed by atoms with Crippen molar-refractivity contribution in [1.82, 2.24) is 14.5 Å². The van der Waals surface area contributed by atoms with E-state index in [-0.39, 0.29) is 5.91 Å². The van der Waals surface area contributed by atoms with E-state index in [0.29, 0.717) is 18.8 Å². The first kappa shape index (κ1) is 17.1. The number of nitrogens with zero attached hydrogens (tertiary/aromatic N) is 4. The number of benzene rings is 2. The molecule has 1 aliphatic rings. The van der Waals surface area contributed by atoms with Crippen LogP contribution in [0.4, 0.5) is 5.69 Å². The third-order valence-corrected chi connectivity index (χ3v) is 4.90. The van der Waals surface area contributed by atoms with E-state index in [1.807, 2.05) is 51.9 Å². The Morgan fingerprint density at radius 3 is 2.30 bits per heavy atom. The first-order valence-corrected chi connectivity index (χ1v) is 9.02. The van der Waals surface area contributed by atoms with Crippen molar-refractivity contribution in [2.24, 2.45) is 0 Å². The van der Waals surface area contributed by atoms with Crippen LogP contribution in [0.3, 0.4) is 0 Å².